The van der Waals surface area contributed by atoms with Crippen molar-refractivity contribution >= 4 is 52.1 Å². The number of thiophene rings is 1. The van der Waals surface area contributed by atoms with Gasteiger partial charge in [-0.25, -0.2) is 4.98 Å². The van der Waals surface area contributed by atoms with E-state index in [0.717, 1.165) is 15.4 Å². The van der Waals surface area contributed by atoms with Crippen LogP contribution in [0.4, 0.5) is 0 Å². The van der Waals surface area contributed by atoms with Gasteiger partial charge in [0, 0.05) is 27.4 Å². The molecule has 0 aliphatic carbocycles. The lowest BCUT2D eigenvalue weighted by molar-refractivity contribution is -0.152. The van der Waals surface area contributed by atoms with Gasteiger partial charge in [0.25, 0.3) is 5.91 Å². The molecule has 0 radical (unpaired) electrons. The van der Waals surface area contributed by atoms with Gasteiger partial charge in [-0.1, -0.05) is 29.8 Å². The van der Waals surface area contributed by atoms with Crippen LogP contribution in [-0.2, 0) is 32.1 Å². The SMILES string of the molecule is CCN(CC(=O)NCc1cccs1)C(=O)COC(=O)Cc1csc(-c2cccc(Cl)c2)n1. The number of benzene rings is 1. The lowest BCUT2D eigenvalue weighted by Gasteiger charge is -2.20. The Kier molecular flexibility index (Phi) is 8.78. The zero-order valence-electron chi connectivity index (χ0n) is 17.4. The Labute approximate surface area is 199 Å². The molecule has 2 aromatic heterocycles. The van der Waals surface area contributed by atoms with Crippen LogP contribution in [0.2, 0.25) is 5.02 Å². The number of carbonyl (C=O) groups excluding carboxylic acids is 3. The molecule has 0 atom stereocenters. The molecule has 0 aliphatic rings. The number of aromatic nitrogens is 1. The molecule has 3 aromatic rings. The molecule has 7 nitrogen and oxygen atoms in total. The molecule has 2 amide bonds. The van der Waals surface area contributed by atoms with Gasteiger partial charge in [0.1, 0.15) is 5.01 Å². The van der Waals surface area contributed by atoms with Crippen molar-refractivity contribution in [2.24, 2.45) is 0 Å². The largest absolute Gasteiger partial charge is 0.455 e. The van der Waals surface area contributed by atoms with Crippen molar-refractivity contribution in [3.05, 3.63) is 62.8 Å². The fraction of sp³-hybridized carbons (Fsp3) is 0.273. The van der Waals surface area contributed by atoms with E-state index in [0.29, 0.717) is 23.8 Å². The van der Waals surface area contributed by atoms with Crippen molar-refractivity contribution in [3.63, 3.8) is 0 Å². The molecule has 0 bridgehead atoms. The lowest BCUT2D eigenvalue weighted by Crippen LogP contribution is -2.42. The zero-order chi connectivity index (χ0) is 22.9. The highest BCUT2D eigenvalue weighted by Gasteiger charge is 2.18. The molecule has 10 heteroatoms. The number of carbonyl (C=O) groups is 3. The second-order valence-corrected chi connectivity index (χ2v) is 9.08. The summed E-state index contributed by atoms with van der Waals surface area (Å²) in [5, 5.41) is 7.84. The zero-order valence-corrected chi connectivity index (χ0v) is 19.8. The highest BCUT2D eigenvalue weighted by molar-refractivity contribution is 7.13. The minimum atomic E-state index is -0.556. The standard InChI is InChI=1S/C22H22ClN3O4S2/c1-2-26(12-19(27)24-11-18-7-4-8-31-18)20(28)13-30-21(29)10-17-14-32-22(25-17)15-5-3-6-16(23)9-15/h3-9,14H,2,10-13H2,1H3,(H,24,27). The van der Waals surface area contributed by atoms with Crippen LogP contribution in [0.25, 0.3) is 10.6 Å². The van der Waals surface area contributed by atoms with Crippen LogP contribution >= 0.6 is 34.3 Å². The van der Waals surface area contributed by atoms with Crippen LogP contribution in [0, 0.1) is 0 Å². The smallest absolute Gasteiger partial charge is 0.312 e. The van der Waals surface area contributed by atoms with E-state index in [1.165, 1.54) is 16.2 Å². The number of ether oxygens (including phenoxy) is 1. The summed E-state index contributed by atoms with van der Waals surface area (Å²) < 4.78 is 5.11. The molecule has 0 fully saturated rings. The normalized spacial score (nSPS) is 10.6. The fourth-order valence-electron chi connectivity index (χ4n) is 2.78. The summed E-state index contributed by atoms with van der Waals surface area (Å²) in [4.78, 5) is 43.4. The lowest BCUT2D eigenvalue weighted by atomic mass is 10.2. The number of thiazole rings is 1. The first-order chi connectivity index (χ1) is 15.4. The average Bonchev–Trinajstić information content (AvgIpc) is 3.46. The van der Waals surface area contributed by atoms with E-state index in [2.05, 4.69) is 10.3 Å². The van der Waals surface area contributed by atoms with Crippen molar-refractivity contribution in [2.45, 2.75) is 19.9 Å². The van der Waals surface area contributed by atoms with E-state index in [4.69, 9.17) is 16.3 Å². The van der Waals surface area contributed by atoms with Crippen LogP contribution in [-0.4, -0.2) is 47.4 Å². The third-order valence-corrected chi connectivity index (χ3v) is 6.47. The minimum absolute atomic E-state index is 0.0439. The number of amides is 2. The van der Waals surface area contributed by atoms with Crippen LogP contribution < -0.4 is 5.32 Å². The van der Waals surface area contributed by atoms with Crippen molar-refractivity contribution in [1.82, 2.24) is 15.2 Å². The molecule has 32 heavy (non-hydrogen) atoms. The van der Waals surface area contributed by atoms with Gasteiger partial charge in [0.2, 0.25) is 5.91 Å². The van der Waals surface area contributed by atoms with E-state index in [9.17, 15) is 14.4 Å². The topological polar surface area (TPSA) is 88.6 Å². The number of nitrogens with one attached hydrogen (secondary N) is 1. The summed E-state index contributed by atoms with van der Waals surface area (Å²) >= 11 is 8.95. The molecular formula is C22H22ClN3O4S2. The third-order valence-electron chi connectivity index (χ3n) is 4.41. The maximum atomic E-state index is 12.4. The van der Waals surface area contributed by atoms with Crippen LogP contribution in [0.5, 0.6) is 0 Å². The maximum Gasteiger partial charge on any atom is 0.312 e. The fourth-order valence-corrected chi connectivity index (χ4v) is 4.43. The summed E-state index contributed by atoms with van der Waals surface area (Å²) in [5.74, 6) is -1.25. The van der Waals surface area contributed by atoms with Crippen molar-refractivity contribution in [3.8, 4) is 10.6 Å². The summed E-state index contributed by atoms with van der Waals surface area (Å²) in [7, 11) is 0. The predicted octanol–water partition coefficient (Wildman–Crippen LogP) is 3.78. The minimum Gasteiger partial charge on any atom is -0.455 e. The van der Waals surface area contributed by atoms with Crippen LogP contribution in [0.15, 0.2) is 47.2 Å². The molecule has 168 valence electrons. The van der Waals surface area contributed by atoms with Crippen LogP contribution in [0.1, 0.15) is 17.5 Å². The number of esters is 1. The molecule has 0 saturated heterocycles. The molecular weight excluding hydrogens is 470 g/mol. The number of likely N-dealkylation sites (N-methyl/N-ethyl adjacent to an activating group) is 1. The quantitative estimate of drug-likeness (QED) is 0.436. The highest BCUT2D eigenvalue weighted by atomic mass is 35.5. The van der Waals surface area contributed by atoms with E-state index >= 15 is 0 Å². The molecule has 0 spiro atoms. The number of nitrogens with zero attached hydrogens (tertiary/aromatic N) is 2. The van der Waals surface area contributed by atoms with E-state index in [1.54, 1.807) is 35.8 Å². The second-order valence-electron chi connectivity index (χ2n) is 6.76. The van der Waals surface area contributed by atoms with Crippen molar-refractivity contribution in [1.29, 1.82) is 0 Å². The summed E-state index contributed by atoms with van der Waals surface area (Å²) in [6.07, 6.45) is -0.0439. The van der Waals surface area contributed by atoms with Crippen LogP contribution in [0.3, 0.4) is 0 Å². The summed E-state index contributed by atoms with van der Waals surface area (Å²) in [6, 6.07) is 11.1. The summed E-state index contributed by atoms with van der Waals surface area (Å²) in [6.45, 7) is 2.00. The first-order valence-corrected chi connectivity index (χ1v) is 12.0. The first-order valence-electron chi connectivity index (χ1n) is 9.87. The maximum absolute atomic E-state index is 12.4. The van der Waals surface area contributed by atoms with Gasteiger partial charge in [-0.15, -0.1) is 22.7 Å². The number of hydrogen-bond donors (Lipinski definition) is 1. The molecule has 0 unspecified atom stereocenters. The van der Waals surface area contributed by atoms with Gasteiger partial charge >= 0.3 is 5.97 Å². The number of halogens is 1. The Balaban J connectivity index is 1.44. The Hall–Kier alpha value is -2.75. The van der Waals surface area contributed by atoms with Gasteiger partial charge in [0.15, 0.2) is 6.61 Å². The highest BCUT2D eigenvalue weighted by Crippen LogP contribution is 2.26. The molecule has 3 rings (SSSR count). The van der Waals surface area contributed by atoms with Gasteiger partial charge < -0.3 is 15.0 Å². The predicted molar refractivity (Wildman–Crippen MR) is 126 cm³/mol. The molecule has 0 saturated carbocycles. The van der Waals surface area contributed by atoms with E-state index in [1.807, 2.05) is 29.6 Å². The molecule has 1 N–H and O–H groups in total. The van der Waals surface area contributed by atoms with Gasteiger partial charge in [-0.05, 0) is 30.5 Å². The third kappa shape index (κ3) is 7.15. The second kappa shape index (κ2) is 11.8. The average molecular weight is 492 g/mol. The Bertz CT molecular complexity index is 1070. The van der Waals surface area contributed by atoms with Crippen molar-refractivity contribution < 1.29 is 19.1 Å². The Morgan fingerprint density at radius 1 is 1.19 bits per heavy atom. The van der Waals surface area contributed by atoms with E-state index < -0.39 is 18.5 Å². The van der Waals surface area contributed by atoms with Gasteiger partial charge in [-0.3, -0.25) is 14.4 Å². The van der Waals surface area contributed by atoms with Crippen molar-refractivity contribution in [2.75, 3.05) is 19.7 Å². The molecule has 1 aromatic carbocycles. The molecule has 2 heterocycles. The Morgan fingerprint density at radius 2 is 2.03 bits per heavy atom. The first kappa shape index (κ1) is 23.9. The van der Waals surface area contributed by atoms with E-state index in [-0.39, 0.29) is 18.9 Å². The monoisotopic (exact) mass is 491 g/mol. The number of rotatable bonds is 10. The molecule has 0 aliphatic heterocycles. The summed E-state index contributed by atoms with van der Waals surface area (Å²) in [5.41, 5.74) is 1.43. The number of hydrogen-bond acceptors (Lipinski definition) is 7. The van der Waals surface area contributed by atoms with Gasteiger partial charge in [0.05, 0.1) is 25.2 Å². The van der Waals surface area contributed by atoms with Gasteiger partial charge in [-0.2, -0.15) is 0 Å². The Morgan fingerprint density at radius 3 is 2.75 bits per heavy atom.